The van der Waals surface area contributed by atoms with Gasteiger partial charge in [-0.2, -0.15) is 0 Å². The number of hydrogen-bond acceptors (Lipinski definition) is 4. The van der Waals surface area contributed by atoms with Crippen molar-refractivity contribution in [2.75, 3.05) is 16.4 Å². The average molecular weight is 913 g/mol. The number of ether oxygens (including phenoxy) is 2. The third kappa shape index (κ3) is 8.72. The summed E-state index contributed by atoms with van der Waals surface area (Å²) in [5, 5.41) is 2.98. The van der Waals surface area contributed by atoms with Gasteiger partial charge >= 0.3 is 0 Å². The van der Waals surface area contributed by atoms with Gasteiger partial charge < -0.3 is 19.3 Å². The van der Waals surface area contributed by atoms with Gasteiger partial charge in [-0.25, -0.2) is 0 Å². The fraction of sp³-hybridized carbons (Fsp3) is 0.385. The fourth-order valence-corrected chi connectivity index (χ4v) is 13.2. The van der Waals surface area contributed by atoms with Crippen LogP contribution in [-0.4, -0.2) is 6.61 Å². The van der Waals surface area contributed by atoms with E-state index in [0.29, 0.717) is 18.4 Å². The largest absolute Gasteiger partial charge is 0.490 e. The predicted molar refractivity (Wildman–Crippen MR) is 289 cm³/mol. The second kappa shape index (κ2) is 20.2. The molecule has 4 nitrogen and oxygen atoms in total. The Morgan fingerprint density at radius 1 is 0.841 bits per heavy atom. The molecule has 354 valence electrons. The molecule has 0 radical (unpaired) electrons. The number of anilines is 2. The highest BCUT2D eigenvalue weighted by molar-refractivity contribution is 6.01. The molecule has 3 fully saturated rings. The van der Waals surface area contributed by atoms with Crippen LogP contribution in [0.15, 0.2) is 186 Å². The molecule has 2 heterocycles. The first kappa shape index (κ1) is 45.4. The SMILES string of the molecule is C\C=C/C=C1\C(=C\N(/C(=C/CC2CCCC2)c2ccc3c(C4CCCC4)cc(N(C4=CC=CCC4)C4=C5OC(C)=C(/C=C\C)C5CC=C4)c4c3c2CCC4)c2ccccc2)OCC12C=CC=CCC2. The van der Waals surface area contributed by atoms with Crippen LogP contribution in [-0.2, 0) is 22.3 Å². The van der Waals surface area contributed by atoms with Gasteiger partial charge in [-0.15, -0.1) is 0 Å². The smallest absolute Gasteiger partial charge is 0.140 e. The zero-order valence-corrected chi connectivity index (χ0v) is 41.5. The van der Waals surface area contributed by atoms with E-state index in [2.05, 4.69) is 176 Å². The van der Waals surface area contributed by atoms with Gasteiger partial charge in [0.15, 0.2) is 0 Å². The van der Waals surface area contributed by atoms with Crippen LogP contribution in [0.2, 0.25) is 0 Å². The molecular weight excluding hydrogens is 841 g/mol. The highest BCUT2D eigenvalue weighted by Crippen LogP contribution is 2.52. The Kier molecular flexibility index (Phi) is 13.3. The molecule has 2 unspecified atom stereocenters. The lowest BCUT2D eigenvalue weighted by molar-refractivity contribution is 0.208. The van der Waals surface area contributed by atoms with Gasteiger partial charge in [0.05, 0.1) is 28.9 Å². The highest BCUT2D eigenvalue weighted by Gasteiger charge is 2.42. The summed E-state index contributed by atoms with van der Waals surface area (Å²) in [5.41, 5.74) is 14.7. The van der Waals surface area contributed by atoms with Crippen molar-refractivity contribution in [1.82, 2.24) is 0 Å². The molecule has 69 heavy (non-hydrogen) atoms. The highest BCUT2D eigenvalue weighted by atomic mass is 16.5. The Labute approximate surface area is 412 Å². The first-order valence-corrected chi connectivity index (χ1v) is 26.8. The maximum absolute atomic E-state index is 6.94. The summed E-state index contributed by atoms with van der Waals surface area (Å²) in [5.74, 6) is 4.58. The predicted octanol–water partition coefficient (Wildman–Crippen LogP) is 17.4. The van der Waals surface area contributed by atoms with Crippen molar-refractivity contribution in [2.45, 2.75) is 136 Å². The number of allylic oxidation sites excluding steroid dienone is 18. The molecule has 4 heteroatoms. The maximum atomic E-state index is 6.94. The first-order chi connectivity index (χ1) is 34.0. The number of hydrogen-bond donors (Lipinski definition) is 0. The summed E-state index contributed by atoms with van der Waals surface area (Å²) in [6, 6.07) is 18.9. The Morgan fingerprint density at radius 3 is 2.48 bits per heavy atom. The molecule has 2 saturated carbocycles. The van der Waals surface area contributed by atoms with E-state index in [4.69, 9.17) is 9.47 Å². The van der Waals surface area contributed by atoms with Crippen molar-refractivity contribution in [3.63, 3.8) is 0 Å². The third-order valence-electron chi connectivity index (χ3n) is 16.6. The molecule has 1 saturated heterocycles. The first-order valence-electron chi connectivity index (χ1n) is 26.8. The van der Waals surface area contributed by atoms with Crippen molar-refractivity contribution in [1.29, 1.82) is 0 Å². The normalized spacial score (nSPS) is 25.1. The second-order valence-corrected chi connectivity index (χ2v) is 20.9. The second-order valence-electron chi connectivity index (χ2n) is 20.9. The van der Waals surface area contributed by atoms with E-state index in [1.807, 2.05) is 0 Å². The molecule has 0 amide bonds. The Hall–Kier alpha value is -6.00. The van der Waals surface area contributed by atoms with Crippen LogP contribution in [0.25, 0.3) is 16.5 Å². The molecule has 8 aliphatic rings. The fourth-order valence-electron chi connectivity index (χ4n) is 13.2. The molecule has 0 aromatic heterocycles. The number of aryl methyl sites for hydroxylation is 2. The summed E-state index contributed by atoms with van der Waals surface area (Å²) in [7, 11) is 0. The van der Waals surface area contributed by atoms with E-state index < -0.39 is 0 Å². The van der Waals surface area contributed by atoms with Crippen LogP contribution in [0.1, 0.15) is 145 Å². The Morgan fingerprint density at radius 2 is 1.67 bits per heavy atom. The van der Waals surface area contributed by atoms with E-state index in [-0.39, 0.29) is 11.3 Å². The van der Waals surface area contributed by atoms with Crippen LogP contribution in [0.3, 0.4) is 0 Å². The van der Waals surface area contributed by atoms with Crippen molar-refractivity contribution in [3.8, 4) is 0 Å². The van der Waals surface area contributed by atoms with Crippen LogP contribution in [0.4, 0.5) is 11.4 Å². The lowest BCUT2D eigenvalue weighted by Gasteiger charge is -2.37. The number of nitrogens with zero attached hydrogens (tertiary/aromatic N) is 2. The minimum absolute atomic E-state index is 0.173. The standard InChI is InChI=1S/C65H72N2O2/c1-4-6-35-58-62(68-45-65(58)41-19-7-8-20-42-65)44-66(49-28-11-9-12-29-49)59(40-37-47-24-15-16-25-47)52-38-39-54-57(48-26-17-18-27-48)43-61(56-34-21-32-53(52)63(54)56)67(50-30-13-10-14-31-50)60-36-22-33-55-51(23-5-2)46(3)69-64(55)60/h4-13,19,22-23,28-30,35-36,38-41,43-44,47-48,55H,14-18,20-21,24-27,31-34,37,42,45H2,1-3H3/b6-4-,23-5-,58-35+,59-40+,62-44-. The Bertz CT molecular complexity index is 2840. The zero-order chi connectivity index (χ0) is 46.7. The molecule has 0 bridgehead atoms. The summed E-state index contributed by atoms with van der Waals surface area (Å²) in [6.45, 7) is 7.04. The summed E-state index contributed by atoms with van der Waals surface area (Å²) < 4.78 is 13.8. The van der Waals surface area contributed by atoms with E-state index in [0.717, 1.165) is 80.8 Å². The molecule has 3 aromatic carbocycles. The summed E-state index contributed by atoms with van der Waals surface area (Å²) in [6.07, 6.45) is 56.7. The quantitative estimate of drug-likeness (QED) is 0.181. The van der Waals surface area contributed by atoms with Gasteiger partial charge in [0.2, 0.25) is 0 Å². The van der Waals surface area contributed by atoms with E-state index in [9.17, 15) is 0 Å². The lowest BCUT2D eigenvalue weighted by Crippen LogP contribution is -2.28. The minimum Gasteiger partial charge on any atom is -0.490 e. The summed E-state index contributed by atoms with van der Waals surface area (Å²) in [4.78, 5) is 5.18. The van der Waals surface area contributed by atoms with Gasteiger partial charge in [-0.1, -0.05) is 148 Å². The van der Waals surface area contributed by atoms with Crippen LogP contribution < -0.4 is 9.80 Å². The lowest BCUT2D eigenvalue weighted by atomic mass is 9.77. The number of para-hydroxylation sites is 1. The minimum atomic E-state index is -0.173. The van der Waals surface area contributed by atoms with Gasteiger partial charge in [0, 0.05) is 33.8 Å². The molecule has 3 aromatic rings. The molecule has 11 rings (SSSR count). The number of fused-ring (bicyclic) bond motifs is 1. The number of rotatable bonds is 12. The Balaban J connectivity index is 1.14. The molecular formula is C65H72N2O2. The maximum Gasteiger partial charge on any atom is 0.140 e. The monoisotopic (exact) mass is 913 g/mol. The summed E-state index contributed by atoms with van der Waals surface area (Å²) >= 11 is 0. The molecule has 1 spiro atoms. The van der Waals surface area contributed by atoms with Crippen molar-refractivity contribution >= 4 is 27.8 Å². The average Bonchev–Trinajstić information content (AvgIpc) is 4.20. The molecule has 6 aliphatic carbocycles. The molecule has 2 aliphatic heterocycles. The van der Waals surface area contributed by atoms with E-state index in [1.165, 1.54) is 113 Å². The van der Waals surface area contributed by atoms with E-state index >= 15 is 0 Å². The van der Waals surface area contributed by atoms with Gasteiger partial charge in [0.25, 0.3) is 0 Å². The van der Waals surface area contributed by atoms with Gasteiger partial charge in [-0.3, -0.25) is 0 Å². The molecule has 2 atom stereocenters. The van der Waals surface area contributed by atoms with Crippen LogP contribution in [0, 0.1) is 17.3 Å². The van der Waals surface area contributed by atoms with E-state index in [1.54, 1.807) is 5.56 Å². The third-order valence-corrected chi connectivity index (χ3v) is 16.6. The zero-order valence-electron chi connectivity index (χ0n) is 41.5. The van der Waals surface area contributed by atoms with Gasteiger partial charge in [0.1, 0.15) is 23.9 Å². The van der Waals surface area contributed by atoms with Gasteiger partial charge in [-0.05, 0) is 161 Å². The van der Waals surface area contributed by atoms with Crippen LogP contribution >= 0.6 is 0 Å². The van der Waals surface area contributed by atoms with Crippen molar-refractivity contribution in [2.24, 2.45) is 17.3 Å². The van der Waals surface area contributed by atoms with Crippen molar-refractivity contribution < 1.29 is 9.47 Å². The van der Waals surface area contributed by atoms with Crippen LogP contribution in [0.5, 0.6) is 0 Å². The van der Waals surface area contributed by atoms with Crippen molar-refractivity contribution in [3.05, 3.63) is 208 Å². The molecule has 0 N–H and O–H groups in total. The topological polar surface area (TPSA) is 24.9 Å². The number of benzene rings is 3.